The van der Waals surface area contributed by atoms with E-state index < -0.39 is 23.5 Å². The third-order valence-electron chi connectivity index (χ3n) is 16.3. The number of methoxy groups -OCH3 is 1. The molecule has 3 saturated carbocycles. The zero-order valence-corrected chi connectivity index (χ0v) is 36.9. The van der Waals surface area contributed by atoms with Crippen molar-refractivity contribution in [1.82, 2.24) is 10.3 Å². The summed E-state index contributed by atoms with van der Waals surface area (Å²) in [6, 6.07) is 22.4. The van der Waals surface area contributed by atoms with E-state index in [1.165, 1.54) is 39.2 Å². The van der Waals surface area contributed by atoms with Crippen molar-refractivity contribution in [2.24, 2.45) is 28.6 Å². The van der Waals surface area contributed by atoms with E-state index in [0.29, 0.717) is 92.5 Å². The van der Waals surface area contributed by atoms with Crippen molar-refractivity contribution in [3.05, 3.63) is 95.2 Å². The van der Waals surface area contributed by atoms with Gasteiger partial charge in [0.2, 0.25) is 0 Å². The van der Waals surface area contributed by atoms with Crippen LogP contribution >= 0.6 is 0 Å². The average molecular weight is 852 g/mol. The fourth-order valence-corrected chi connectivity index (χ4v) is 12.8. The van der Waals surface area contributed by atoms with Gasteiger partial charge in [0.1, 0.15) is 17.0 Å². The predicted octanol–water partition coefficient (Wildman–Crippen LogP) is 8.94. The van der Waals surface area contributed by atoms with Crippen molar-refractivity contribution in [1.29, 1.82) is 0 Å². The van der Waals surface area contributed by atoms with Crippen LogP contribution in [0.5, 0.6) is 11.5 Å². The number of aryl methyl sites for hydroxylation is 1. The number of aliphatic hydroxyl groups is 2. The van der Waals surface area contributed by atoms with Crippen molar-refractivity contribution in [2.75, 3.05) is 19.4 Å². The number of ether oxygens (including phenoxy) is 1. The van der Waals surface area contributed by atoms with Crippen molar-refractivity contribution >= 4 is 28.2 Å². The van der Waals surface area contributed by atoms with Crippen LogP contribution in [0, 0.1) is 40.4 Å². The van der Waals surface area contributed by atoms with Gasteiger partial charge in [-0.2, -0.15) is 0 Å². The minimum absolute atomic E-state index is 0.0116. The lowest BCUT2D eigenvalue weighted by molar-refractivity contribution is -0.135. The number of nitrogens with one attached hydrogen (secondary N) is 1. The van der Waals surface area contributed by atoms with Crippen molar-refractivity contribution in [2.45, 2.75) is 139 Å². The number of hydrogen-bond acceptors (Lipinski definition) is 9. The quantitative estimate of drug-likeness (QED) is 0.0931. The minimum atomic E-state index is -1.17. The Morgan fingerprint density at radius 3 is 2.56 bits per heavy atom. The second kappa shape index (κ2) is 18.4. The lowest BCUT2D eigenvalue weighted by Crippen LogP contribution is -2.53. The maximum absolute atomic E-state index is 14.5. The SMILES string of the molecule is COc1cc2c(cc1O)[C@@H](CC[C@H](O)C[C@H](c1ccnc(N)c1)c1ccc3ccccc3c1)C#C[C@]1(CC[C@H](CC3([C@H]4CN[C@@H]5CC(=O)CC[C@@H]5C4)CCCC3)C[C@H]1O)C(=O)CC2. The highest BCUT2D eigenvalue weighted by Crippen LogP contribution is 2.55. The molecule has 3 aromatic carbocycles. The van der Waals surface area contributed by atoms with Crippen molar-refractivity contribution in [3.63, 3.8) is 0 Å². The third-order valence-corrected chi connectivity index (χ3v) is 16.3. The molecule has 4 aliphatic carbocycles. The standard InChI is InChI=1S/C54H65N3O6/c1-63-49-27-39-12-15-50(61)54(21-16-34(24-51(54)62)32-53(19-4-5-20-53)42-26-41-11-14-44(59)30-47(41)57-33-42)22-17-36(46(39)31-48(49)60)10-13-43(58)29-45(40-18-23-56-52(55)28-40)38-9-8-35-6-2-3-7-37(35)25-38/h2-3,6-9,18,23,25,27-28,31,34,36,41-43,45,47,51,57-58,60,62H,4-5,10-16,19-21,24,26,29-30,32-33H2,1H3,(H2,55,56)/t34-,36-,41+,42+,43-,45-,47+,51+,54+/m0/s1. The van der Waals surface area contributed by atoms with Gasteiger partial charge in [-0.15, -0.1) is 0 Å². The molecule has 5 aliphatic rings. The Morgan fingerprint density at radius 2 is 1.76 bits per heavy atom. The first-order chi connectivity index (χ1) is 30.5. The highest BCUT2D eigenvalue weighted by atomic mass is 16.5. The lowest BCUT2D eigenvalue weighted by Gasteiger charge is -2.49. The van der Waals surface area contributed by atoms with E-state index in [-0.39, 0.29) is 29.3 Å². The van der Waals surface area contributed by atoms with Crippen LogP contribution in [0.25, 0.3) is 10.8 Å². The number of fused-ring (bicyclic) bond motifs is 3. The number of hydrogen-bond donors (Lipinski definition) is 5. The van der Waals surface area contributed by atoms with Crippen LogP contribution in [0.1, 0.15) is 137 Å². The summed E-state index contributed by atoms with van der Waals surface area (Å²) < 4.78 is 5.53. The number of phenolic OH excluding ortho intramolecular Hbond substituents is 1. The number of aromatic nitrogens is 1. The molecule has 1 spiro atoms. The first kappa shape index (κ1) is 43.5. The highest BCUT2D eigenvalue weighted by Gasteiger charge is 2.51. The van der Waals surface area contributed by atoms with Gasteiger partial charge in [0.05, 0.1) is 19.3 Å². The Hall–Kier alpha value is -4.75. The Bertz CT molecular complexity index is 2380. The normalized spacial score (nSPS) is 29.1. The number of aliphatic hydroxyl groups excluding tert-OH is 2. The number of aromatic hydroxyl groups is 1. The monoisotopic (exact) mass is 851 g/mol. The van der Waals surface area contributed by atoms with Gasteiger partial charge in [-0.25, -0.2) is 4.98 Å². The number of phenols is 1. The molecule has 0 amide bonds. The Balaban J connectivity index is 0.951. The number of benzene rings is 3. The summed E-state index contributed by atoms with van der Waals surface area (Å²) >= 11 is 0. The van der Waals surface area contributed by atoms with Crippen LogP contribution in [0.4, 0.5) is 5.82 Å². The third kappa shape index (κ3) is 9.01. The topological polar surface area (TPSA) is 155 Å². The molecule has 1 aromatic heterocycles. The molecule has 0 bridgehead atoms. The molecule has 0 radical (unpaired) electrons. The fraction of sp³-hybridized carbons (Fsp3) is 0.537. The number of Topliss-reactive ketones (excluding diaryl/α,β-unsaturated/α-hetero) is 2. The van der Waals surface area contributed by atoms with Crippen LogP contribution < -0.4 is 15.8 Å². The molecule has 9 rings (SSSR count). The number of carbonyl (C=O) groups excluding carboxylic acids is 2. The van der Waals surface area contributed by atoms with Gasteiger partial charge in [-0.1, -0.05) is 67.1 Å². The summed E-state index contributed by atoms with van der Waals surface area (Å²) in [5, 5.41) is 41.3. The molecule has 1 aliphatic heterocycles. The van der Waals surface area contributed by atoms with Crippen LogP contribution in [-0.4, -0.2) is 63.8 Å². The molecule has 63 heavy (non-hydrogen) atoms. The van der Waals surface area contributed by atoms with E-state index in [1.54, 1.807) is 12.3 Å². The highest BCUT2D eigenvalue weighted by molar-refractivity contribution is 5.89. The van der Waals surface area contributed by atoms with Crippen molar-refractivity contribution in [3.8, 4) is 23.3 Å². The van der Waals surface area contributed by atoms with Crippen LogP contribution in [0.15, 0.2) is 72.9 Å². The number of rotatable bonds is 11. The molecular weight excluding hydrogens is 787 g/mol. The number of nitrogen functional groups attached to an aromatic ring is 1. The zero-order valence-electron chi connectivity index (χ0n) is 36.9. The number of pyridine rings is 1. The molecule has 1 saturated heterocycles. The van der Waals surface area contributed by atoms with Crippen LogP contribution in [0.2, 0.25) is 0 Å². The smallest absolute Gasteiger partial charge is 0.160 e. The summed E-state index contributed by atoms with van der Waals surface area (Å²) in [4.78, 5) is 31.0. The van der Waals surface area contributed by atoms with Gasteiger partial charge in [-0.3, -0.25) is 9.59 Å². The molecule has 9 heteroatoms. The fourth-order valence-electron chi connectivity index (χ4n) is 12.8. The Morgan fingerprint density at radius 1 is 0.952 bits per heavy atom. The van der Waals surface area contributed by atoms with E-state index >= 15 is 0 Å². The second-order valence-corrected chi connectivity index (χ2v) is 20.0. The summed E-state index contributed by atoms with van der Waals surface area (Å²) in [6.07, 6.45) is 13.7. The minimum Gasteiger partial charge on any atom is -0.504 e. The molecule has 9 nitrogen and oxygen atoms in total. The molecule has 9 atom stereocenters. The van der Waals surface area contributed by atoms with Gasteiger partial charge >= 0.3 is 0 Å². The van der Waals surface area contributed by atoms with Crippen LogP contribution in [0.3, 0.4) is 0 Å². The maximum atomic E-state index is 14.5. The van der Waals surface area contributed by atoms with Gasteiger partial charge < -0.3 is 31.1 Å². The van der Waals surface area contributed by atoms with Gasteiger partial charge in [0, 0.05) is 43.3 Å². The molecule has 4 aromatic rings. The molecule has 4 fully saturated rings. The molecule has 2 heterocycles. The average Bonchev–Trinajstić information content (AvgIpc) is 3.78. The molecule has 6 N–H and O–H groups in total. The maximum Gasteiger partial charge on any atom is 0.160 e. The van der Waals surface area contributed by atoms with Gasteiger partial charge in [0.15, 0.2) is 17.3 Å². The van der Waals surface area contributed by atoms with E-state index in [9.17, 15) is 24.9 Å². The van der Waals surface area contributed by atoms with Gasteiger partial charge in [-0.05, 0) is 164 Å². The summed E-state index contributed by atoms with van der Waals surface area (Å²) in [5.41, 5.74) is 9.04. The van der Waals surface area contributed by atoms with E-state index in [0.717, 1.165) is 58.8 Å². The lowest BCUT2D eigenvalue weighted by atomic mass is 9.58. The number of carbonyl (C=O) groups is 2. The molecule has 332 valence electrons. The second-order valence-electron chi connectivity index (χ2n) is 20.0. The summed E-state index contributed by atoms with van der Waals surface area (Å²) in [7, 11) is 1.52. The van der Waals surface area contributed by atoms with Gasteiger partial charge in [0.25, 0.3) is 0 Å². The molecular formula is C54H65N3O6. The number of piperidine rings is 1. The predicted molar refractivity (Wildman–Crippen MR) is 246 cm³/mol. The Labute approximate surface area is 372 Å². The zero-order chi connectivity index (χ0) is 43.7. The summed E-state index contributed by atoms with van der Waals surface area (Å²) in [5.74, 6) is 9.09. The number of anilines is 1. The summed E-state index contributed by atoms with van der Waals surface area (Å²) in [6.45, 7) is 0.969. The molecule has 0 unspecified atom stereocenters. The van der Waals surface area contributed by atoms with E-state index in [2.05, 4.69) is 52.5 Å². The van der Waals surface area contributed by atoms with E-state index in [4.69, 9.17) is 10.5 Å². The largest absolute Gasteiger partial charge is 0.504 e. The Kier molecular flexibility index (Phi) is 12.7. The first-order valence-electron chi connectivity index (χ1n) is 23.8. The first-order valence-corrected chi connectivity index (χ1v) is 23.8. The number of nitrogens with two attached hydrogens (primary N) is 1. The number of nitrogens with zero attached hydrogens (tertiary/aromatic N) is 1. The van der Waals surface area contributed by atoms with Crippen molar-refractivity contribution < 1.29 is 29.6 Å². The van der Waals surface area contributed by atoms with E-state index in [1.807, 2.05) is 30.3 Å². The number of ketones is 2. The van der Waals surface area contributed by atoms with Crippen LogP contribution in [-0.2, 0) is 16.0 Å².